The maximum atomic E-state index is 10.9. The first-order valence-corrected chi connectivity index (χ1v) is 5.84. The molecule has 3 N–H and O–H groups in total. The Morgan fingerprint density at radius 1 is 1.53 bits per heavy atom. The molecule has 1 rings (SSSR count). The van der Waals surface area contributed by atoms with Gasteiger partial charge in [-0.05, 0) is 18.2 Å². The van der Waals surface area contributed by atoms with Gasteiger partial charge in [-0.3, -0.25) is 4.79 Å². The molecule has 0 heterocycles. The van der Waals surface area contributed by atoms with Crippen molar-refractivity contribution >= 4 is 17.5 Å². The van der Waals surface area contributed by atoms with E-state index in [1.807, 2.05) is 0 Å². The van der Waals surface area contributed by atoms with Gasteiger partial charge in [-0.15, -0.1) is 0 Å². The zero-order chi connectivity index (χ0) is 12.8. The number of carbonyl (C=O) groups excluding carboxylic acids is 1. The Balaban J connectivity index is 2.52. The van der Waals surface area contributed by atoms with E-state index in [4.69, 9.17) is 22.1 Å². The average Bonchev–Trinajstić information content (AvgIpc) is 2.25. The molecule has 0 spiro atoms. The minimum atomic E-state index is -0.500. The van der Waals surface area contributed by atoms with Crippen LogP contribution in [-0.4, -0.2) is 25.1 Å². The molecule has 0 aliphatic carbocycles. The highest BCUT2D eigenvalue weighted by Crippen LogP contribution is 2.25. The monoisotopic (exact) mass is 256 g/mol. The van der Waals surface area contributed by atoms with E-state index in [1.54, 1.807) is 12.1 Å². The van der Waals surface area contributed by atoms with Crippen molar-refractivity contribution in [2.45, 2.75) is 19.9 Å². The van der Waals surface area contributed by atoms with Gasteiger partial charge in [0.25, 0.3) is 0 Å². The summed E-state index contributed by atoms with van der Waals surface area (Å²) in [6, 6.07) is 5.18. The van der Waals surface area contributed by atoms with Crippen molar-refractivity contribution in [3.8, 4) is 5.75 Å². The molecular formula is C12H17ClN2O2. The third-order valence-corrected chi connectivity index (χ3v) is 2.42. The minimum absolute atomic E-state index is 0.377. The van der Waals surface area contributed by atoms with Crippen LogP contribution in [-0.2, 0) is 0 Å². The van der Waals surface area contributed by atoms with Gasteiger partial charge >= 0.3 is 0 Å². The van der Waals surface area contributed by atoms with E-state index in [0.29, 0.717) is 29.0 Å². The summed E-state index contributed by atoms with van der Waals surface area (Å²) in [4.78, 5) is 10.9. The number of rotatable bonds is 6. The first-order valence-electron chi connectivity index (χ1n) is 5.46. The zero-order valence-corrected chi connectivity index (χ0v) is 10.8. The molecule has 0 unspecified atom stereocenters. The summed E-state index contributed by atoms with van der Waals surface area (Å²) in [5.41, 5.74) is 5.52. The molecule has 1 aromatic rings. The maximum Gasteiger partial charge on any atom is 0.248 e. The second kappa shape index (κ2) is 6.47. The fourth-order valence-electron chi connectivity index (χ4n) is 1.28. The van der Waals surface area contributed by atoms with E-state index in [0.717, 1.165) is 6.54 Å². The first kappa shape index (κ1) is 13.8. The van der Waals surface area contributed by atoms with Crippen LogP contribution >= 0.6 is 11.6 Å². The van der Waals surface area contributed by atoms with Gasteiger partial charge in [0, 0.05) is 18.2 Å². The largest absolute Gasteiger partial charge is 0.491 e. The molecule has 0 radical (unpaired) electrons. The smallest absolute Gasteiger partial charge is 0.248 e. The quantitative estimate of drug-likeness (QED) is 0.763. The van der Waals surface area contributed by atoms with E-state index in [1.165, 1.54) is 6.07 Å². The lowest BCUT2D eigenvalue weighted by Gasteiger charge is -2.11. The number of hydrogen-bond acceptors (Lipinski definition) is 3. The molecule has 0 aliphatic heterocycles. The van der Waals surface area contributed by atoms with Crippen molar-refractivity contribution in [1.29, 1.82) is 0 Å². The van der Waals surface area contributed by atoms with Gasteiger partial charge in [0.15, 0.2) is 0 Å². The van der Waals surface area contributed by atoms with Crippen LogP contribution in [0.15, 0.2) is 18.2 Å². The van der Waals surface area contributed by atoms with Crippen LogP contribution in [0.4, 0.5) is 0 Å². The molecule has 4 nitrogen and oxygen atoms in total. The number of hydrogen-bond donors (Lipinski definition) is 2. The number of halogens is 1. The lowest BCUT2D eigenvalue weighted by atomic mass is 10.2. The van der Waals surface area contributed by atoms with Gasteiger partial charge in [0.2, 0.25) is 5.91 Å². The summed E-state index contributed by atoms with van der Waals surface area (Å²) < 4.78 is 5.48. The number of nitrogens with two attached hydrogens (primary N) is 1. The van der Waals surface area contributed by atoms with Gasteiger partial charge in [-0.2, -0.15) is 0 Å². The van der Waals surface area contributed by atoms with Crippen molar-refractivity contribution in [2.24, 2.45) is 5.73 Å². The topological polar surface area (TPSA) is 64.3 Å². The third kappa shape index (κ3) is 4.63. The Morgan fingerprint density at radius 2 is 2.24 bits per heavy atom. The van der Waals surface area contributed by atoms with Crippen molar-refractivity contribution < 1.29 is 9.53 Å². The fourth-order valence-corrected chi connectivity index (χ4v) is 1.51. The Morgan fingerprint density at radius 3 is 2.76 bits per heavy atom. The van der Waals surface area contributed by atoms with Gasteiger partial charge < -0.3 is 15.8 Å². The number of nitrogens with one attached hydrogen (secondary N) is 1. The van der Waals surface area contributed by atoms with Crippen LogP contribution in [0, 0.1) is 0 Å². The number of benzene rings is 1. The van der Waals surface area contributed by atoms with Crippen molar-refractivity contribution in [3.63, 3.8) is 0 Å². The molecular weight excluding hydrogens is 240 g/mol. The van der Waals surface area contributed by atoms with E-state index < -0.39 is 5.91 Å². The van der Waals surface area contributed by atoms with Crippen molar-refractivity contribution in [1.82, 2.24) is 5.32 Å². The fraction of sp³-hybridized carbons (Fsp3) is 0.417. The Kier molecular flexibility index (Phi) is 5.25. The molecule has 0 saturated carbocycles. The van der Waals surface area contributed by atoms with E-state index in [2.05, 4.69) is 19.2 Å². The molecule has 17 heavy (non-hydrogen) atoms. The minimum Gasteiger partial charge on any atom is -0.491 e. The van der Waals surface area contributed by atoms with Gasteiger partial charge in [0.05, 0.1) is 5.02 Å². The summed E-state index contributed by atoms with van der Waals surface area (Å²) in [6.45, 7) is 5.39. The number of amides is 1. The maximum absolute atomic E-state index is 10.9. The third-order valence-electron chi connectivity index (χ3n) is 2.13. The van der Waals surface area contributed by atoms with Crippen LogP contribution in [0.3, 0.4) is 0 Å². The van der Waals surface area contributed by atoms with Crippen LogP contribution in [0.25, 0.3) is 0 Å². The normalized spacial score (nSPS) is 10.6. The lowest BCUT2D eigenvalue weighted by molar-refractivity contribution is 0.100. The summed E-state index contributed by atoms with van der Waals surface area (Å²) in [5.74, 6) is 0.0575. The molecule has 0 fully saturated rings. The SMILES string of the molecule is CC(C)NCCOc1ccc(C(N)=O)cc1Cl. The summed E-state index contributed by atoms with van der Waals surface area (Å²) in [5, 5.41) is 3.62. The molecule has 0 aromatic heterocycles. The van der Waals surface area contributed by atoms with E-state index in [-0.39, 0.29) is 0 Å². The van der Waals surface area contributed by atoms with Crippen molar-refractivity contribution in [2.75, 3.05) is 13.2 Å². The van der Waals surface area contributed by atoms with Crippen LogP contribution < -0.4 is 15.8 Å². The predicted molar refractivity (Wildman–Crippen MR) is 68.6 cm³/mol. The molecule has 1 aromatic carbocycles. The lowest BCUT2D eigenvalue weighted by Crippen LogP contribution is -2.27. The number of ether oxygens (including phenoxy) is 1. The van der Waals surface area contributed by atoms with E-state index in [9.17, 15) is 4.79 Å². The van der Waals surface area contributed by atoms with Crippen LogP contribution in [0.2, 0.25) is 5.02 Å². The Hall–Kier alpha value is -1.26. The average molecular weight is 257 g/mol. The summed E-state index contributed by atoms with van der Waals surface area (Å²) >= 11 is 5.96. The van der Waals surface area contributed by atoms with Gasteiger partial charge in [0.1, 0.15) is 12.4 Å². The highest BCUT2D eigenvalue weighted by Gasteiger charge is 2.06. The standard InChI is InChI=1S/C12H17ClN2O2/c1-8(2)15-5-6-17-11-4-3-9(12(14)16)7-10(11)13/h3-4,7-8,15H,5-6H2,1-2H3,(H2,14,16). The molecule has 5 heteroatoms. The Bertz CT molecular complexity index is 394. The second-order valence-corrected chi connectivity index (χ2v) is 4.37. The van der Waals surface area contributed by atoms with Crippen molar-refractivity contribution in [3.05, 3.63) is 28.8 Å². The van der Waals surface area contributed by atoms with Gasteiger partial charge in [-0.1, -0.05) is 25.4 Å². The summed E-state index contributed by atoms with van der Waals surface area (Å²) in [7, 11) is 0. The molecule has 0 saturated heterocycles. The number of primary amides is 1. The molecule has 1 amide bonds. The van der Waals surface area contributed by atoms with Crippen LogP contribution in [0.5, 0.6) is 5.75 Å². The molecule has 0 bridgehead atoms. The second-order valence-electron chi connectivity index (χ2n) is 3.97. The van der Waals surface area contributed by atoms with E-state index >= 15 is 0 Å². The first-order chi connectivity index (χ1) is 8.00. The zero-order valence-electron chi connectivity index (χ0n) is 10.00. The van der Waals surface area contributed by atoms with Gasteiger partial charge in [-0.25, -0.2) is 0 Å². The van der Waals surface area contributed by atoms with Crippen LogP contribution in [0.1, 0.15) is 24.2 Å². The Labute approximate surface area is 106 Å². The molecule has 0 atom stereocenters. The highest BCUT2D eigenvalue weighted by molar-refractivity contribution is 6.32. The molecule has 94 valence electrons. The number of carbonyl (C=O) groups is 1. The summed E-state index contributed by atoms with van der Waals surface area (Å²) in [6.07, 6.45) is 0. The molecule has 0 aliphatic rings. The highest BCUT2D eigenvalue weighted by atomic mass is 35.5. The predicted octanol–water partition coefficient (Wildman–Crippen LogP) is 1.82.